The zero-order chi connectivity index (χ0) is 9.73. The summed E-state index contributed by atoms with van der Waals surface area (Å²) in [5.41, 5.74) is -0.510. The predicted molar refractivity (Wildman–Crippen MR) is 55.7 cm³/mol. The van der Waals surface area contributed by atoms with E-state index in [0.29, 0.717) is 0 Å². The fraction of sp³-hybridized carbons (Fsp3) is 1.00. The molecule has 0 heterocycles. The lowest BCUT2D eigenvalue weighted by Crippen LogP contribution is -2.28. The van der Waals surface area contributed by atoms with Crippen molar-refractivity contribution in [2.24, 2.45) is 5.92 Å². The maximum Gasteiger partial charge on any atom is 0.0603 e. The van der Waals surface area contributed by atoms with Crippen LogP contribution in [0.25, 0.3) is 0 Å². The minimum absolute atomic E-state index is 0.510. The number of aliphatic hydroxyl groups is 1. The van der Waals surface area contributed by atoms with Gasteiger partial charge in [-0.25, -0.2) is 0 Å². The van der Waals surface area contributed by atoms with E-state index in [2.05, 4.69) is 5.32 Å². The van der Waals surface area contributed by atoms with Crippen molar-refractivity contribution in [2.75, 3.05) is 13.1 Å². The molecule has 0 aromatic rings. The lowest BCUT2D eigenvalue weighted by atomic mass is 9.83. The molecular weight excluding hydrogens is 162 g/mol. The smallest absolute Gasteiger partial charge is 0.0603 e. The highest BCUT2D eigenvalue weighted by molar-refractivity contribution is 4.71. The molecule has 0 saturated heterocycles. The van der Waals surface area contributed by atoms with Gasteiger partial charge in [0.1, 0.15) is 0 Å². The molecule has 0 amide bonds. The largest absolute Gasteiger partial charge is 0.390 e. The van der Waals surface area contributed by atoms with Gasteiger partial charge in [0.2, 0.25) is 0 Å². The fourth-order valence-corrected chi connectivity index (χ4v) is 1.61. The van der Waals surface area contributed by atoms with Gasteiger partial charge in [-0.2, -0.15) is 0 Å². The Morgan fingerprint density at radius 3 is 2.46 bits per heavy atom. The molecule has 2 heteroatoms. The summed E-state index contributed by atoms with van der Waals surface area (Å²) in [6.45, 7) is 5.79. The molecule has 1 rings (SSSR count). The van der Waals surface area contributed by atoms with Gasteiger partial charge in [0.15, 0.2) is 0 Å². The summed E-state index contributed by atoms with van der Waals surface area (Å²) in [5, 5.41) is 12.8. The van der Waals surface area contributed by atoms with Crippen LogP contribution in [-0.4, -0.2) is 23.8 Å². The molecule has 0 aromatic heterocycles. The van der Waals surface area contributed by atoms with Crippen LogP contribution in [0.3, 0.4) is 0 Å². The van der Waals surface area contributed by atoms with E-state index >= 15 is 0 Å². The Hall–Kier alpha value is -0.0800. The van der Waals surface area contributed by atoms with Gasteiger partial charge in [0.05, 0.1) is 5.60 Å². The summed E-state index contributed by atoms with van der Waals surface area (Å²) in [7, 11) is 0. The molecular formula is C11H23NO. The van der Waals surface area contributed by atoms with E-state index in [9.17, 15) is 5.11 Å². The normalized spacial score (nSPS) is 18.7. The van der Waals surface area contributed by atoms with Crippen LogP contribution in [0.5, 0.6) is 0 Å². The van der Waals surface area contributed by atoms with Crippen molar-refractivity contribution in [3.8, 4) is 0 Å². The van der Waals surface area contributed by atoms with E-state index in [1.807, 2.05) is 13.8 Å². The van der Waals surface area contributed by atoms with Gasteiger partial charge >= 0.3 is 0 Å². The Labute approximate surface area is 81.7 Å². The van der Waals surface area contributed by atoms with Gasteiger partial charge in [0, 0.05) is 0 Å². The highest BCUT2D eigenvalue weighted by atomic mass is 16.3. The molecule has 2 N–H and O–H groups in total. The molecule has 0 unspecified atom stereocenters. The van der Waals surface area contributed by atoms with Crippen molar-refractivity contribution in [3.05, 3.63) is 0 Å². The van der Waals surface area contributed by atoms with Crippen LogP contribution in [0, 0.1) is 5.92 Å². The van der Waals surface area contributed by atoms with Gasteiger partial charge in [-0.15, -0.1) is 0 Å². The maximum atomic E-state index is 9.44. The second-order valence-electron chi connectivity index (χ2n) is 4.90. The van der Waals surface area contributed by atoms with E-state index in [4.69, 9.17) is 0 Å². The average molecular weight is 185 g/mol. The zero-order valence-electron chi connectivity index (χ0n) is 8.97. The van der Waals surface area contributed by atoms with E-state index in [1.54, 1.807) is 0 Å². The molecule has 0 aliphatic heterocycles. The third-order valence-corrected chi connectivity index (χ3v) is 2.87. The minimum Gasteiger partial charge on any atom is -0.390 e. The molecule has 13 heavy (non-hydrogen) atoms. The first kappa shape index (κ1) is 11.0. The van der Waals surface area contributed by atoms with Crippen molar-refractivity contribution in [2.45, 2.75) is 51.6 Å². The molecule has 0 spiro atoms. The van der Waals surface area contributed by atoms with Crippen LogP contribution < -0.4 is 5.32 Å². The van der Waals surface area contributed by atoms with Crippen LogP contribution in [0.15, 0.2) is 0 Å². The summed E-state index contributed by atoms with van der Waals surface area (Å²) < 4.78 is 0. The predicted octanol–water partition coefficient (Wildman–Crippen LogP) is 1.93. The average Bonchev–Trinajstić information content (AvgIpc) is 1.90. The van der Waals surface area contributed by atoms with E-state index < -0.39 is 5.60 Å². The highest BCUT2D eigenvalue weighted by Gasteiger charge is 2.16. The van der Waals surface area contributed by atoms with Crippen molar-refractivity contribution >= 4 is 0 Å². The van der Waals surface area contributed by atoms with Crippen molar-refractivity contribution in [1.82, 2.24) is 5.32 Å². The number of rotatable bonds is 6. The van der Waals surface area contributed by atoms with E-state index in [1.165, 1.54) is 25.7 Å². The van der Waals surface area contributed by atoms with Crippen LogP contribution in [0.4, 0.5) is 0 Å². The van der Waals surface area contributed by atoms with Crippen LogP contribution in [-0.2, 0) is 0 Å². The van der Waals surface area contributed by atoms with E-state index in [-0.39, 0.29) is 0 Å². The van der Waals surface area contributed by atoms with Gasteiger partial charge < -0.3 is 10.4 Å². The monoisotopic (exact) mass is 185 g/mol. The summed E-state index contributed by atoms with van der Waals surface area (Å²) in [4.78, 5) is 0. The van der Waals surface area contributed by atoms with Gasteiger partial charge in [-0.3, -0.25) is 0 Å². The van der Waals surface area contributed by atoms with Crippen LogP contribution in [0.2, 0.25) is 0 Å². The summed E-state index contributed by atoms with van der Waals surface area (Å²) in [6, 6.07) is 0. The van der Waals surface area contributed by atoms with Crippen molar-refractivity contribution in [1.29, 1.82) is 0 Å². The Kier molecular flexibility index (Phi) is 4.20. The molecule has 1 aliphatic carbocycles. The SMILES string of the molecule is CC(C)(O)CCNCCC1CCC1. The molecule has 2 nitrogen and oxygen atoms in total. The molecule has 78 valence electrons. The van der Waals surface area contributed by atoms with Crippen LogP contribution >= 0.6 is 0 Å². The third-order valence-electron chi connectivity index (χ3n) is 2.87. The minimum atomic E-state index is -0.510. The Morgan fingerprint density at radius 1 is 1.31 bits per heavy atom. The maximum absolute atomic E-state index is 9.44. The summed E-state index contributed by atoms with van der Waals surface area (Å²) in [5.74, 6) is 0.995. The number of hydrogen-bond donors (Lipinski definition) is 2. The standard InChI is InChI=1S/C11H23NO/c1-11(2,13)7-9-12-8-6-10-4-3-5-10/h10,12-13H,3-9H2,1-2H3. The third kappa shape index (κ3) is 5.27. The summed E-state index contributed by atoms with van der Waals surface area (Å²) >= 11 is 0. The Morgan fingerprint density at radius 2 is 2.00 bits per heavy atom. The number of hydrogen-bond acceptors (Lipinski definition) is 2. The topological polar surface area (TPSA) is 32.3 Å². The lowest BCUT2D eigenvalue weighted by molar-refractivity contribution is 0.0710. The highest BCUT2D eigenvalue weighted by Crippen LogP contribution is 2.28. The molecule has 0 atom stereocenters. The Bertz CT molecular complexity index is 136. The quantitative estimate of drug-likeness (QED) is 0.620. The summed E-state index contributed by atoms with van der Waals surface area (Å²) in [6.07, 6.45) is 6.48. The lowest BCUT2D eigenvalue weighted by Gasteiger charge is -2.25. The van der Waals surface area contributed by atoms with Gasteiger partial charge in [-0.05, 0) is 45.7 Å². The van der Waals surface area contributed by atoms with E-state index in [0.717, 1.165) is 25.4 Å². The zero-order valence-corrected chi connectivity index (χ0v) is 8.97. The Balaban J connectivity index is 1.83. The molecule has 0 radical (unpaired) electrons. The first-order valence-electron chi connectivity index (χ1n) is 5.51. The fourth-order valence-electron chi connectivity index (χ4n) is 1.61. The first-order chi connectivity index (χ1) is 6.08. The van der Waals surface area contributed by atoms with Crippen molar-refractivity contribution < 1.29 is 5.11 Å². The molecule has 0 aromatic carbocycles. The van der Waals surface area contributed by atoms with Crippen molar-refractivity contribution in [3.63, 3.8) is 0 Å². The molecule has 0 bridgehead atoms. The second-order valence-corrected chi connectivity index (χ2v) is 4.90. The second kappa shape index (κ2) is 4.97. The van der Waals surface area contributed by atoms with Crippen LogP contribution in [0.1, 0.15) is 46.0 Å². The molecule has 1 aliphatic rings. The van der Waals surface area contributed by atoms with Gasteiger partial charge in [0.25, 0.3) is 0 Å². The van der Waals surface area contributed by atoms with Gasteiger partial charge in [-0.1, -0.05) is 19.3 Å². The molecule has 1 saturated carbocycles. The molecule has 1 fully saturated rings. The first-order valence-corrected chi connectivity index (χ1v) is 5.51. The number of nitrogens with one attached hydrogen (secondary N) is 1.